The topological polar surface area (TPSA) is 15.3 Å². The minimum atomic E-state index is 0.456. The van der Waals surface area contributed by atoms with Crippen LogP contribution in [0, 0.1) is 6.92 Å². The zero-order valence-corrected chi connectivity index (χ0v) is 12.4. The van der Waals surface area contributed by atoms with E-state index in [1.165, 1.54) is 36.9 Å². The summed E-state index contributed by atoms with van der Waals surface area (Å²) in [5.41, 5.74) is 2.74. The number of hydrogen-bond acceptors (Lipinski definition) is 2. The van der Waals surface area contributed by atoms with E-state index in [0.29, 0.717) is 12.1 Å². The fraction of sp³-hybridized carbons (Fsp3) is 0.647. The van der Waals surface area contributed by atoms with Crippen molar-refractivity contribution in [2.24, 2.45) is 0 Å². The van der Waals surface area contributed by atoms with Gasteiger partial charge in [0, 0.05) is 30.7 Å². The Morgan fingerprint density at radius 2 is 1.89 bits per heavy atom. The van der Waals surface area contributed by atoms with E-state index in [1.807, 2.05) is 0 Å². The number of nitrogens with one attached hydrogen (secondary N) is 1. The predicted octanol–water partition coefficient (Wildman–Crippen LogP) is 3.27. The summed E-state index contributed by atoms with van der Waals surface area (Å²) in [5.74, 6) is 0. The molecule has 0 bridgehead atoms. The van der Waals surface area contributed by atoms with Gasteiger partial charge >= 0.3 is 0 Å². The maximum absolute atomic E-state index is 3.82. The number of rotatable bonds is 4. The summed E-state index contributed by atoms with van der Waals surface area (Å²) in [6, 6.07) is 11.7. The highest BCUT2D eigenvalue weighted by Crippen LogP contribution is 2.33. The lowest BCUT2D eigenvalue weighted by atomic mass is 10.0. The van der Waals surface area contributed by atoms with E-state index in [0.717, 1.165) is 12.1 Å². The Bertz CT molecular complexity index is 421. The second kappa shape index (κ2) is 5.26. The van der Waals surface area contributed by atoms with E-state index < -0.39 is 0 Å². The summed E-state index contributed by atoms with van der Waals surface area (Å²) in [4.78, 5) is 2.71. The van der Waals surface area contributed by atoms with Crippen LogP contribution in [0.1, 0.15) is 50.3 Å². The molecule has 0 aromatic heterocycles. The van der Waals surface area contributed by atoms with Gasteiger partial charge in [0.1, 0.15) is 0 Å². The SMILES string of the molecule is Cc1ccc(C(C)NC2CC(C)N(C3CC3)C2)cc1. The molecule has 1 aliphatic carbocycles. The number of benzene rings is 1. The summed E-state index contributed by atoms with van der Waals surface area (Å²) < 4.78 is 0. The quantitative estimate of drug-likeness (QED) is 0.891. The van der Waals surface area contributed by atoms with E-state index in [2.05, 4.69) is 55.3 Å². The predicted molar refractivity (Wildman–Crippen MR) is 80.3 cm³/mol. The molecule has 1 aromatic rings. The van der Waals surface area contributed by atoms with Crippen LogP contribution < -0.4 is 5.32 Å². The van der Waals surface area contributed by atoms with Gasteiger partial charge in [-0.3, -0.25) is 4.90 Å². The average Bonchev–Trinajstić information content (AvgIpc) is 3.15. The smallest absolute Gasteiger partial charge is 0.0294 e. The summed E-state index contributed by atoms with van der Waals surface area (Å²) in [6.45, 7) is 8.06. The molecule has 2 nitrogen and oxygen atoms in total. The van der Waals surface area contributed by atoms with E-state index in [-0.39, 0.29) is 0 Å². The van der Waals surface area contributed by atoms with Gasteiger partial charge in [-0.05, 0) is 45.6 Å². The van der Waals surface area contributed by atoms with Crippen molar-refractivity contribution in [3.8, 4) is 0 Å². The van der Waals surface area contributed by atoms with Crippen LogP contribution in [0.15, 0.2) is 24.3 Å². The molecule has 1 aliphatic heterocycles. The Morgan fingerprint density at radius 1 is 1.21 bits per heavy atom. The number of nitrogens with zero attached hydrogens (tertiary/aromatic N) is 1. The summed E-state index contributed by atoms with van der Waals surface area (Å²) >= 11 is 0. The minimum absolute atomic E-state index is 0.456. The summed E-state index contributed by atoms with van der Waals surface area (Å²) in [6.07, 6.45) is 4.14. The van der Waals surface area contributed by atoms with Crippen molar-refractivity contribution in [2.45, 2.75) is 64.2 Å². The zero-order valence-electron chi connectivity index (χ0n) is 12.4. The van der Waals surface area contributed by atoms with Crippen LogP contribution >= 0.6 is 0 Å². The van der Waals surface area contributed by atoms with Gasteiger partial charge in [-0.25, -0.2) is 0 Å². The first-order valence-electron chi connectivity index (χ1n) is 7.72. The van der Waals surface area contributed by atoms with Gasteiger partial charge in [0.2, 0.25) is 0 Å². The Balaban J connectivity index is 1.57. The molecule has 2 heteroatoms. The molecule has 1 aromatic carbocycles. The summed E-state index contributed by atoms with van der Waals surface area (Å²) in [5, 5.41) is 3.82. The molecule has 0 radical (unpaired) electrons. The van der Waals surface area contributed by atoms with Crippen molar-refractivity contribution in [1.29, 1.82) is 0 Å². The van der Waals surface area contributed by atoms with E-state index in [1.54, 1.807) is 0 Å². The minimum Gasteiger partial charge on any atom is -0.306 e. The highest BCUT2D eigenvalue weighted by atomic mass is 15.3. The molecule has 0 amide bonds. The third-order valence-corrected chi connectivity index (χ3v) is 4.70. The van der Waals surface area contributed by atoms with Crippen molar-refractivity contribution in [2.75, 3.05) is 6.54 Å². The highest BCUT2D eigenvalue weighted by Gasteiger charge is 2.38. The monoisotopic (exact) mass is 258 g/mol. The lowest BCUT2D eigenvalue weighted by Crippen LogP contribution is -2.35. The highest BCUT2D eigenvalue weighted by molar-refractivity contribution is 5.23. The van der Waals surface area contributed by atoms with Gasteiger partial charge in [0.15, 0.2) is 0 Å². The Morgan fingerprint density at radius 3 is 2.53 bits per heavy atom. The normalized spacial score (nSPS) is 29.6. The molecule has 1 saturated carbocycles. The first-order chi connectivity index (χ1) is 9.13. The van der Waals surface area contributed by atoms with Crippen LogP contribution in [-0.4, -0.2) is 29.6 Å². The maximum Gasteiger partial charge on any atom is 0.0294 e. The molecular formula is C17H26N2. The lowest BCUT2D eigenvalue weighted by molar-refractivity contribution is 0.254. The fourth-order valence-corrected chi connectivity index (χ4v) is 3.40. The molecule has 19 heavy (non-hydrogen) atoms. The van der Waals surface area contributed by atoms with Crippen LogP contribution in [-0.2, 0) is 0 Å². The van der Waals surface area contributed by atoms with Crippen molar-refractivity contribution >= 4 is 0 Å². The van der Waals surface area contributed by atoms with Crippen molar-refractivity contribution in [3.63, 3.8) is 0 Å². The van der Waals surface area contributed by atoms with Gasteiger partial charge < -0.3 is 5.32 Å². The number of likely N-dealkylation sites (tertiary alicyclic amines) is 1. The Hall–Kier alpha value is -0.860. The van der Waals surface area contributed by atoms with Gasteiger partial charge in [-0.1, -0.05) is 29.8 Å². The van der Waals surface area contributed by atoms with Gasteiger partial charge in [0.25, 0.3) is 0 Å². The van der Waals surface area contributed by atoms with Crippen LogP contribution in [0.5, 0.6) is 0 Å². The number of aryl methyl sites for hydroxylation is 1. The lowest BCUT2D eigenvalue weighted by Gasteiger charge is -2.21. The van der Waals surface area contributed by atoms with Crippen molar-refractivity contribution in [1.82, 2.24) is 10.2 Å². The molecule has 2 aliphatic rings. The van der Waals surface area contributed by atoms with Crippen LogP contribution in [0.4, 0.5) is 0 Å². The average molecular weight is 258 g/mol. The Labute approximate surface area is 117 Å². The van der Waals surface area contributed by atoms with E-state index >= 15 is 0 Å². The van der Waals surface area contributed by atoms with E-state index in [4.69, 9.17) is 0 Å². The molecule has 3 unspecified atom stereocenters. The standard InChI is InChI=1S/C17H26N2/c1-12-4-6-15(7-5-12)14(3)18-16-10-13(2)19(11-16)17-8-9-17/h4-7,13-14,16-18H,8-11H2,1-3H3. The molecule has 104 valence electrons. The largest absolute Gasteiger partial charge is 0.306 e. The van der Waals surface area contributed by atoms with Crippen molar-refractivity contribution in [3.05, 3.63) is 35.4 Å². The number of hydrogen-bond donors (Lipinski definition) is 1. The summed E-state index contributed by atoms with van der Waals surface area (Å²) in [7, 11) is 0. The van der Waals surface area contributed by atoms with Crippen LogP contribution in [0.2, 0.25) is 0 Å². The first-order valence-corrected chi connectivity index (χ1v) is 7.72. The second-order valence-electron chi connectivity index (χ2n) is 6.51. The molecule has 2 fully saturated rings. The van der Waals surface area contributed by atoms with Crippen molar-refractivity contribution < 1.29 is 0 Å². The molecule has 1 heterocycles. The molecule has 3 rings (SSSR count). The first kappa shape index (κ1) is 13.1. The van der Waals surface area contributed by atoms with Gasteiger partial charge in [0.05, 0.1) is 0 Å². The molecule has 1 saturated heterocycles. The third-order valence-electron chi connectivity index (χ3n) is 4.70. The van der Waals surface area contributed by atoms with Gasteiger partial charge in [-0.15, -0.1) is 0 Å². The van der Waals surface area contributed by atoms with Crippen LogP contribution in [0.25, 0.3) is 0 Å². The fourth-order valence-electron chi connectivity index (χ4n) is 3.40. The molecular weight excluding hydrogens is 232 g/mol. The van der Waals surface area contributed by atoms with Crippen LogP contribution in [0.3, 0.4) is 0 Å². The van der Waals surface area contributed by atoms with Gasteiger partial charge in [-0.2, -0.15) is 0 Å². The zero-order chi connectivity index (χ0) is 13.4. The molecule has 0 spiro atoms. The molecule has 1 N–H and O–H groups in total. The molecule has 3 atom stereocenters. The van der Waals surface area contributed by atoms with E-state index in [9.17, 15) is 0 Å². The Kier molecular flexibility index (Phi) is 3.64. The second-order valence-corrected chi connectivity index (χ2v) is 6.51. The maximum atomic E-state index is 3.82. The third kappa shape index (κ3) is 3.01.